The molecule has 0 aromatic heterocycles. The molecule has 0 aliphatic heterocycles. The lowest BCUT2D eigenvalue weighted by atomic mass is 10.1. The first kappa shape index (κ1) is 18.4. The zero-order valence-electron chi connectivity index (χ0n) is 12.9. The first-order valence-corrected chi connectivity index (χ1v) is 7.62. The van der Waals surface area contributed by atoms with Crippen LogP contribution in [0.25, 0.3) is 0 Å². The number of hydrogen-bond donors (Lipinski definition) is 1. The van der Waals surface area contributed by atoms with E-state index >= 15 is 0 Å². The van der Waals surface area contributed by atoms with Gasteiger partial charge in [-0.25, -0.2) is 0 Å². The van der Waals surface area contributed by atoms with Crippen LogP contribution in [-0.2, 0) is 14.3 Å². The number of hydrogen-bond acceptors (Lipinski definition) is 3. The van der Waals surface area contributed by atoms with Gasteiger partial charge in [-0.15, -0.1) is 0 Å². The van der Waals surface area contributed by atoms with Crippen LogP contribution in [0.2, 0.25) is 0 Å². The van der Waals surface area contributed by atoms with Crippen LogP contribution in [0.1, 0.15) is 59.3 Å². The van der Waals surface area contributed by atoms with Crippen molar-refractivity contribution in [2.45, 2.75) is 65.4 Å². The normalized spacial score (nSPS) is 10.9. The number of carbonyl (C=O) groups is 1. The number of nitrogens with one attached hydrogen (secondary N) is 1. The van der Waals surface area contributed by atoms with Crippen molar-refractivity contribution in [2.24, 2.45) is 0 Å². The van der Waals surface area contributed by atoms with E-state index in [1.165, 1.54) is 25.7 Å². The molecule has 19 heavy (non-hydrogen) atoms. The minimum atomic E-state index is -0.00888. The number of rotatable bonds is 13. The number of amides is 1. The molecule has 0 unspecified atom stereocenters. The van der Waals surface area contributed by atoms with Gasteiger partial charge in [-0.05, 0) is 33.6 Å². The van der Waals surface area contributed by atoms with E-state index < -0.39 is 0 Å². The summed E-state index contributed by atoms with van der Waals surface area (Å²) in [6.07, 6.45) is 7.26. The average molecular weight is 273 g/mol. The number of unbranched alkanes of at least 4 members (excludes halogenated alkanes) is 5. The highest BCUT2D eigenvalue weighted by molar-refractivity contribution is 5.77. The standard InChI is InChI=1S/C15H31NO3/c1-4-18-12-10-8-6-5-7-9-11-16-15(17)13-19-14(2)3/h14H,4-13H2,1-3H3,(H,16,17). The zero-order valence-corrected chi connectivity index (χ0v) is 12.9. The highest BCUT2D eigenvalue weighted by atomic mass is 16.5. The fourth-order valence-corrected chi connectivity index (χ4v) is 1.70. The average Bonchev–Trinajstić information content (AvgIpc) is 2.38. The molecule has 0 radical (unpaired) electrons. The van der Waals surface area contributed by atoms with Crippen LogP contribution in [-0.4, -0.2) is 38.4 Å². The molecule has 0 spiro atoms. The van der Waals surface area contributed by atoms with Gasteiger partial charge in [0.2, 0.25) is 5.91 Å². The van der Waals surface area contributed by atoms with Crippen LogP contribution >= 0.6 is 0 Å². The Labute approximate surface area is 118 Å². The fourth-order valence-electron chi connectivity index (χ4n) is 1.70. The summed E-state index contributed by atoms with van der Waals surface area (Å²) in [5, 5.41) is 2.87. The van der Waals surface area contributed by atoms with Crippen LogP contribution in [0, 0.1) is 0 Å². The second-order valence-corrected chi connectivity index (χ2v) is 5.03. The SMILES string of the molecule is CCOCCCCCCCCNC(=O)COC(C)C. The molecule has 0 saturated heterocycles. The number of carbonyl (C=O) groups excluding carboxylic acids is 1. The minimum absolute atomic E-state index is 0.00888. The minimum Gasteiger partial charge on any atom is -0.382 e. The summed E-state index contributed by atoms with van der Waals surface area (Å²) in [5.74, 6) is -0.00888. The monoisotopic (exact) mass is 273 g/mol. The molecule has 0 bridgehead atoms. The van der Waals surface area contributed by atoms with Crippen molar-refractivity contribution in [1.29, 1.82) is 0 Å². The topological polar surface area (TPSA) is 47.6 Å². The first-order chi connectivity index (χ1) is 9.16. The van der Waals surface area contributed by atoms with Crippen molar-refractivity contribution in [2.75, 3.05) is 26.4 Å². The van der Waals surface area contributed by atoms with E-state index in [2.05, 4.69) is 5.32 Å². The summed E-state index contributed by atoms with van der Waals surface area (Å²) in [4.78, 5) is 11.3. The molecule has 0 heterocycles. The fraction of sp³-hybridized carbons (Fsp3) is 0.933. The summed E-state index contributed by atoms with van der Waals surface area (Å²) in [6.45, 7) is 8.54. The van der Waals surface area contributed by atoms with Crippen LogP contribution < -0.4 is 5.32 Å². The van der Waals surface area contributed by atoms with Crippen molar-refractivity contribution in [3.8, 4) is 0 Å². The maximum absolute atomic E-state index is 11.3. The van der Waals surface area contributed by atoms with Gasteiger partial charge in [0.15, 0.2) is 0 Å². The van der Waals surface area contributed by atoms with E-state index in [1.54, 1.807) is 0 Å². The van der Waals surface area contributed by atoms with Gasteiger partial charge in [0, 0.05) is 19.8 Å². The molecule has 4 nitrogen and oxygen atoms in total. The molecule has 0 saturated carbocycles. The molecular formula is C15H31NO3. The second-order valence-electron chi connectivity index (χ2n) is 5.03. The molecule has 0 aromatic carbocycles. The molecule has 1 amide bonds. The van der Waals surface area contributed by atoms with E-state index in [1.807, 2.05) is 20.8 Å². The lowest BCUT2D eigenvalue weighted by Crippen LogP contribution is -2.29. The predicted octanol–water partition coefficient (Wildman–Crippen LogP) is 2.90. The van der Waals surface area contributed by atoms with Gasteiger partial charge in [0.05, 0.1) is 6.10 Å². The van der Waals surface area contributed by atoms with Gasteiger partial charge >= 0.3 is 0 Å². The molecule has 0 aliphatic rings. The molecule has 0 atom stereocenters. The summed E-state index contributed by atoms with van der Waals surface area (Å²) >= 11 is 0. The van der Waals surface area contributed by atoms with E-state index in [9.17, 15) is 4.79 Å². The summed E-state index contributed by atoms with van der Waals surface area (Å²) in [7, 11) is 0. The lowest BCUT2D eigenvalue weighted by Gasteiger charge is -2.08. The maximum atomic E-state index is 11.3. The van der Waals surface area contributed by atoms with E-state index in [0.717, 1.165) is 32.6 Å². The van der Waals surface area contributed by atoms with Gasteiger partial charge in [-0.1, -0.05) is 25.7 Å². The Balaban J connectivity index is 3.11. The van der Waals surface area contributed by atoms with Crippen LogP contribution in [0.3, 0.4) is 0 Å². The summed E-state index contributed by atoms with van der Waals surface area (Å²) in [6, 6.07) is 0. The summed E-state index contributed by atoms with van der Waals surface area (Å²) in [5.41, 5.74) is 0. The van der Waals surface area contributed by atoms with Crippen LogP contribution in [0.15, 0.2) is 0 Å². The molecule has 0 aromatic rings. The van der Waals surface area contributed by atoms with Crippen molar-refractivity contribution in [3.05, 3.63) is 0 Å². The maximum Gasteiger partial charge on any atom is 0.246 e. The molecule has 1 N–H and O–H groups in total. The first-order valence-electron chi connectivity index (χ1n) is 7.62. The second kappa shape index (κ2) is 13.8. The Morgan fingerprint density at radius 2 is 1.68 bits per heavy atom. The Morgan fingerprint density at radius 1 is 1.05 bits per heavy atom. The van der Waals surface area contributed by atoms with Crippen LogP contribution in [0.4, 0.5) is 0 Å². The highest BCUT2D eigenvalue weighted by Crippen LogP contribution is 2.05. The van der Waals surface area contributed by atoms with Gasteiger partial charge < -0.3 is 14.8 Å². The molecule has 0 rings (SSSR count). The summed E-state index contributed by atoms with van der Waals surface area (Å²) < 4.78 is 10.5. The highest BCUT2D eigenvalue weighted by Gasteiger charge is 2.01. The number of ether oxygens (including phenoxy) is 2. The Kier molecular flexibility index (Phi) is 13.4. The van der Waals surface area contributed by atoms with E-state index in [0.29, 0.717) is 0 Å². The van der Waals surface area contributed by atoms with Crippen molar-refractivity contribution in [1.82, 2.24) is 5.32 Å². The molecular weight excluding hydrogens is 242 g/mol. The third kappa shape index (κ3) is 15.3. The third-order valence-corrected chi connectivity index (χ3v) is 2.79. The third-order valence-electron chi connectivity index (χ3n) is 2.79. The van der Waals surface area contributed by atoms with E-state index in [4.69, 9.17) is 9.47 Å². The predicted molar refractivity (Wildman–Crippen MR) is 78.3 cm³/mol. The largest absolute Gasteiger partial charge is 0.382 e. The van der Waals surface area contributed by atoms with Crippen LogP contribution in [0.5, 0.6) is 0 Å². The van der Waals surface area contributed by atoms with Gasteiger partial charge in [0.1, 0.15) is 6.61 Å². The molecule has 4 heteroatoms. The molecule has 0 aliphatic carbocycles. The Bertz CT molecular complexity index is 208. The lowest BCUT2D eigenvalue weighted by molar-refractivity contribution is -0.127. The van der Waals surface area contributed by atoms with E-state index in [-0.39, 0.29) is 18.6 Å². The zero-order chi connectivity index (χ0) is 14.3. The van der Waals surface area contributed by atoms with Gasteiger partial charge in [0.25, 0.3) is 0 Å². The van der Waals surface area contributed by atoms with Gasteiger partial charge in [-0.2, -0.15) is 0 Å². The molecule has 114 valence electrons. The molecule has 0 fully saturated rings. The Hall–Kier alpha value is -0.610. The smallest absolute Gasteiger partial charge is 0.246 e. The van der Waals surface area contributed by atoms with Gasteiger partial charge in [-0.3, -0.25) is 4.79 Å². The quantitative estimate of drug-likeness (QED) is 0.525. The Morgan fingerprint density at radius 3 is 2.32 bits per heavy atom. The van der Waals surface area contributed by atoms with Crippen molar-refractivity contribution >= 4 is 5.91 Å². The van der Waals surface area contributed by atoms with Crippen molar-refractivity contribution in [3.63, 3.8) is 0 Å². The van der Waals surface area contributed by atoms with Crippen molar-refractivity contribution < 1.29 is 14.3 Å².